The number of nitrogens with zero attached hydrogens (tertiary/aromatic N) is 1. The maximum Gasteiger partial charge on any atom is 0.338 e. The van der Waals surface area contributed by atoms with Gasteiger partial charge in [0.1, 0.15) is 0 Å². The summed E-state index contributed by atoms with van der Waals surface area (Å²) >= 11 is 6.09. The number of carbonyl (C=O) groups excluding carboxylic acids is 2. The summed E-state index contributed by atoms with van der Waals surface area (Å²) in [6.07, 6.45) is 0. The Morgan fingerprint density at radius 3 is 2.35 bits per heavy atom. The molecule has 138 valence electrons. The van der Waals surface area contributed by atoms with Gasteiger partial charge < -0.3 is 19.1 Å². The largest absolute Gasteiger partial charge is 0.493 e. The molecule has 0 heterocycles. The average molecular weight is 378 g/mol. The molecule has 0 spiro atoms. The monoisotopic (exact) mass is 377 g/mol. The van der Waals surface area contributed by atoms with E-state index in [2.05, 4.69) is 0 Å². The normalized spacial score (nSPS) is 10.2. The van der Waals surface area contributed by atoms with E-state index in [-0.39, 0.29) is 23.1 Å². The summed E-state index contributed by atoms with van der Waals surface area (Å²) in [5, 5.41) is 0.213. The molecule has 0 saturated heterocycles. The lowest BCUT2D eigenvalue weighted by Gasteiger charge is -2.20. The Bertz CT molecular complexity index is 779. The van der Waals surface area contributed by atoms with Crippen molar-refractivity contribution in [1.29, 1.82) is 0 Å². The van der Waals surface area contributed by atoms with Crippen molar-refractivity contribution >= 4 is 29.2 Å². The van der Waals surface area contributed by atoms with Gasteiger partial charge in [0, 0.05) is 12.2 Å². The van der Waals surface area contributed by atoms with Crippen LogP contribution in [0.4, 0.5) is 5.69 Å². The molecular formula is C19H20ClNO5. The molecule has 1 amide bonds. The first-order valence-corrected chi connectivity index (χ1v) is 8.33. The van der Waals surface area contributed by atoms with Gasteiger partial charge in [0.2, 0.25) is 0 Å². The standard InChI is InChI=1S/C19H20ClNO5/c1-4-21(14-8-6-5-7-9-14)17(22)12-26-19(23)13-10-15(20)18(25-3)16(11-13)24-2/h5-11H,4,12H2,1-3H3. The molecule has 0 aromatic heterocycles. The fourth-order valence-corrected chi connectivity index (χ4v) is 2.72. The molecule has 0 atom stereocenters. The zero-order valence-electron chi connectivity index (χ0n) is 14.8. The van der Waals surface area contributed by atoms with Crippen LogP contribution in [0, 0.1) is 0 Å². The average Bonchev–Trinajstić information content (AvgIpc) is 2.66. The molecule has 2 aromatic carbocycles. The number of amides is 1. The first-order valence-electron chi connectivity index (χ1n) is 7.95. The Labute approximate surface area is 157 Å². The Hall–Kier alpha value is -2.73. The molecule has 0 N–H and O–H groups in total. The number of likely N-dealkylation sites (N-methyl/N-ethyl adjacent to an activating group) is 1. The van der Waals surface area contributed by atoms with Crippen LogP contribution in [0.25, 0.3) is 0 Å². The second kappa shape index (κ2) is 9.10. The lowest BCUT2D eigenvalue weighted by atomic mass is 10.2. The summed E-state index contributed by atoms with van der Waals surface area (Å²) in [5.41, 5.74) is 0.911. The van der Waals surface area contributed by atoms with E-state index >= 15 is 0 Å². The number of hydrogen-bond donors (Lipinski definition) is 0. The number of esters is 1. The van der Waals surface area contributed by atoms with Gasteiger partial charge in [0.05, 0.1) is 24.8 Å². The number of halogens is 1. The number of anilines is 1. The molecule has 6 nitrogen and oxygen atoms in total. The predicted molar refractivity (Wildman–Crippen MR) is 99.3 cm³/mol. The Balaban J connectivity index is 2.08. The Morgan fingerprint density at radius 2 is 1.77 bits per heavy atom. The highest BCUT2D eigenvalue weighted by Crippen LogP contribution is 2.36. The summed E-state index contributed by atoms with van der Waals surface area (Å²) in [5.74, 6) is -0.371. The van der Waals surface area contributed by atoms with E-state index in [1.54, 1.807) is 0 Å². The number of rotatable bonds is 7. The quantitative estimate of drug-likeness (QED) is 0.690. The smallest absolute Gasteiger partial charge is 0.338 e. The predicted octanol–water partition coefficient (Wildman–Crippen LogP) is 3.57. The van der Waals surface area contributed by atoms with Crippen LogP contribution in [0.5, 0.6) is 11.5 Å². The molecular weight excluding hydrogens is 358 g/mol. The third-order valence-electron chi connectivity index (χ3n) is 3.68. The molecule has 0 aliphatic rings. The molecule has 7 heteroatoms. The molecule has 0 radical (unpaired) electrons. The van der Waals surface area contributed by atoms with E-state index in [0.717, 1.165) is 5.69 Å². The van der Waals surface area contributed by atoms with Crippen LogP contribution in [0.1, 0.15) is 17.3 Å². The first-order chi connectivity index (χ1) is 12.5. The Morgan fingerprint density at radius 1 is 1.08 bits per heavy atom. The van der Waals surface area contributed by atoms with Gasteiger partial charge in [-0.15, -0.1) is 0 Å². The van der Waals surface area contributed by atoms with Crippen LogP contribution >= 0.6 is 11.6 Å². The molecule has 0 saturated carbocycles. The highest BCUT2D eigenvalue weighted by atomic mass is 35.5. The summed E-state index contributed by atoms with van der Waals surface area (Å²) in [6.45, 7) is 1.93. The SMILES string of the molecule is CCN(C(=O)COC(=O)c1cc(Cl)c(OC)c(OC)c1)c1ccccc1. The van der Waals surface area contributed by atoms with Crippen molar-refractivity contribution in [2.75, 3.05) is 32.3 Å². The van der Waals surface area contributed by atoms with Crippen molar-refractivity contribution in [2.45, 2.75) is 6.92 Å². The third kappa shape index (κ3) is 4.46. The summed E-state index contributed by atoms with van der Waals surface area (Å²) in [7, 11) is 2.88. The Kier molecular flexibility index (Phi) is 6.86. The van der Waals surface area contributed by atoms with Crippen molar-refractivity contribution in [3.63, 3.8) is 0 Å². The van der Waals surface area contributed by atoms with E-state index in [1.807, 2.05) is 37.3 Å². The van der Waals surface area contributed by atoms with Crippen molar-refractivity contribution in [2.24, 2.45) is 0 Å². The van der Waals surface area contributed by atoms with Gasteiger partial charge in [0.25, 0.3) is 5.91 Å². The van der Waals surface area contributed by atoms with Crippen molar-refractivity contribution in [3.05, 3.63) is 53.1 Å². The second-order valence-electron chi connectivity index (χ2n) is 5.24. The maximum atomic E-state index is 12.4. The van der Waals surface area contributed by atoms with E-state index < -0.39 is 5.97 Å². The molecule has 2 aromatic rings. The van der Waals surface area contributed by atoms with Crippen LogP contribution in [-0.2, 0) is 9.53 Å². The first kappa shape index (κ1) is 19.6. The van der Waals surface area contributed by atoms with Gasteiger partial charge in [0.15, 0.2) is 18.1 Å². The molecule has 0 fully saturated rings. The summed E-state index contributed by atoms with van der Waals surface area (Å²) < 4.78 is 15.4. The lowest BCUT2D eigenvalue weighted by molar-refractivity contribution is -0.121. The fourth-order valence-electron chi connectivity index (χ4n) is 2.44. The number of para-hydroxylation sites is 1. The van der Waals surface area contributed by atoms with Crippen molar-refractivity contribution in [1.82, 2.24) is 0 Å². The number of hydrogen-bond acceptors (Lipinski definition) is 5. The topological polar surface area (TPSA) is 65.1 Å². The van der Waals surface area contributed by atoms with Gasteiger partial charge in [-0.05, 0) is 31.2 Å². The molecule has 0 aliphatic carbocycles. The molecule has 26 heavy (non-hydrogen) atoms. The van der Waals surface area contributed by atoms with Crippen LogP contribution in [-0.4, -0.2) is 39.2 Å². The van der Waals surface area contributed by atoms with Crippen LogP contribution < -0.4 is 14.4 Å². The van der Waals surface area contributed by atoms with E-state index in [9.17, 15) is 9.59 Å². The van der Waals surface area contributed by atoms with Crippen LogP contribution in [0.3, 0.4) is 0 Å². The van der Waals surface area contributed by atoms with Gasteiger partial charge in [-0.1, -0.05) is 29.8 Å². The maximum absolute atomic E-state index is 12.4. The lowest BCUT2D eigenvalue weighted by Crippen LogP contribution is -2.34. The van der Waals surface area contributed by atoms with Crippen LogP contribution in [0.2, 0.25) is 5.02 Å². The van der Waals surface area contributed by atoms with Crippen molar-refractivity contribution in [3.8, 4) is 11.5 Å². The number of carbonyl (C=O) groups is 2. The molecule has 2 rings (SSSR count). The fraction of sp³-hybridized carbons (Fsp3) is 0.263. The zero-order chi connectivity index (χ0) is 19.1. The zero-order valence-corrected chi connectivity index (χ0v) is 15.6. The van der Waals surface area contributed by atoms with Gasteiger partial charge in [-0.3, -0.25) is 4.79 Å². The number of ether oxygens (including phenoxy) is 3. The molecule has 0 unspecified atom stereocenters. The highest BCUT2D eigenvalue weighted by molar-refractivity contribution is 6.32. The minimum absolute atomic E-state index is 0.170. The van der Waals surface area contributed by atoms with E-state index in [4.69, 9.17) is 25.8 Å². The summed E-state index contributed by atoms with van der Waals surface area (Å²) in [6, 6.07) is 12.0. The molecule has 0 aliphatic heterocycles. The van der Waals surface area contributed by atoms with E-state index in [0.29, 0.717) is 18.0 Å². The second-order valence-corrected chi connectivity index (χ2v) is 5.65. The van der Waals surface area contributed by atoms with Gasteiger partial charge >= 0.3 is 5.97 Å². The van der Waals surface area contributed by atoms with Gasteiger partial charge in [-0.25, -0.2) is 4.79 Å². The van der Waals surface area contributed by atoms with E-state index in [1.165, 1.54) is 31.3 Å². The van der Waals surface area contributed by atoms with Gasteiger partial charge in [-0.2, -0.15) is 0 Å². The molecule has 0 bridgehead atoms. The summed E-state index contributed by atoms with van der Waals surface area (Å²) in [4.78, 5) is 26.2. The highest BCUT2D eigenvalue weighted by Gasteiger charge is 2.19. The number of methoxy groups -OCH3 is 2. The minimum atomic E-state index is -0.676. The van der Waals surface area contributed by atoms with Crippen LogP contribution in [0.15, 0.2) is 42.5 Å². The number of benzene rings is 2. The van der Waals surface area contributed by atoms with Crippen molar-refractivity contribution < 1.29 is 23.8 Å². The third-order valence-corrected chi connectivity index (χ3v) is 3.96. The minimum Gasteiger partial charge on any atom is -0.493 e.